The SMILES string of the molecule is O=S(=O)(O)C(F)C(F)(F)C(F)(F)C(F)(F)C(F)C(F)F. The van der Waals surface area contributed by atoms with Gasteiger partial charge < -0.3 is 0 Å². The molecular weight excluding hydrogens is 342 g/mol. The molecule has 0 aliphatic rings. The lowest BCUT2D eigenvalue weighted by molar-refractivity contribution is -0.339. The summed E-state index contributed by atoms with van der Waals surface area (Å²) in [4.78, 5) is 0. The molecule has 0 amide bonds. The van der Waals surface area contributed by atoms with Crippen LogP contribution in [0, 0.1) is 0 Å². The Labute approximate surface area is 104 Å². The number of hydrogen-bond donors (Lipinski definition) is 1. The van der Waals surface area contributed by atoms with Crippen LogP contribution in [0.5, 0.6) is 0 Å². The van der Waals surface area contributed by atoms with E-state index in [2.05, 4.69) is 0 Å². The lowest BCUT2D eigenvalue weighted by atomic mass is 10.0. The van der Waals surface area contributed by atoms with E-state index < -0.39 is 46.0 Å². The minimum Gasteiger partial charge on any atom is -0.283 e. The van der Waals surface area contributed by atoms with E-state index >= 15 is 0 Å². The molecular formula is C6H4F10O3S. The van der Waals surface area contributed by atoms with Crippen molar-refractivity contribution in [3.05, 3.63) is 0 Å². The van der Waals surface area contributed by atoms with Crippen molar-refractivity contribution in [2.24, 2.45) is 0 Å². The molecule has 0 heterocycles. The second-order valence-corrected chi connectivity index (χ2v) is 4.83. The normalized spacial score (nSPS) is 18.2. The molecule has 20 heavy (non-hydrogen) atoms. The van der Waals surface area contributed by atoms with Crippen molar-refractivity contribution in [3.8, 4) is 0 Å². The van der Waals surface area contributed by atoms with Crippen LogP contribution in [0.25, 0.3) is 0 Å². The van der Waals surface area contributed by atoms with Gasteiger partial charge in [-0.3, -0.25) is 4.55 Å². The van der Waals surface area contributed by atoms with Gasteiger partial charge in [0.2, 0.25) is 6.17 Å². The standard InChI is InChI=1S/C6H4F10O3S/c7-1(2(8)9)4(11,12)6(15,16)5(13,14)3(10)20(17,18)19/h1-3H,(H,17,18,19). The zero-order chi connectivity index (χ0) is 16.7. The minimum atomic E-state index is -7.16. The van der Waals surface area contributed by atoms with Gasteiger partial charge in [-0.15, -0.1) is 0 Å². The van der Waals surface area contributed by atoms with Crippen LogP contribution in [0.15, 0.2) is 0 Å². The fourth-order valence-electron chi connectivity index (χ4n) is 0.883. The van der Waals surface area contributed by atoms with Crippen LogP contribution in [0.1, 0.15) is 0 Å². The highest BCUT2D eigenvalue weighted by atomic mass is 32.2. The van der Waals surface area contributed by atoms with Crippen LogP contribution >= 0.6 is 0 Å². The van der Waals surface area contributed by atoms with Crippen molar-refractivity contribution < 1.29 is 56.9 Å². The Morgan fingerprint density at radius 2 is 1.15 bits per heavy atom. The average Bonchev–Trinajstić information content (AvgIpc) is 2.24. The van der Waals surface area contributed by atoms with Gasteiger partial charge in [0.05, 0.1) is 0 Å². The van der Waals surface area contributed by atoms with E-state index in [4.69, 9.17) is 4.55 Å². The summed E-state index contributed by atoms with van der Waals surface area (Å²) in [6, 6.07) is 0. The summed E-state index contributed by atoms with van der Waals surface area (Å²) in [6.07, 6.45) is -9.97. The van der Waals surface area contributed by atoms with Gasteiger partial charge in [0, 0.05) is 0 Å². The van der Waals surface area contributed by atoms with E-state index in [1.165, 1.54) is 0 Å². The van der Waals surface area contributed by atoms with Gasteiger partial charge in [0.25, 0.3) is 11.9 Å². The molecule has 14 heteroatoms. The van der Waals surface area contributed by atoms with Crippen molar-refractivity contribution in [1.82, 2.24) is 0 Å². The largest absolute Gasteiger partial charge is 0.379 e. The van der Waals surface area contributed by atoms with Crippen molar-refractivity contribution in [3.63, 3.8) is 0 Å². The molecule has 3 nitrogen and oxygen atoms in total. The van der Waals surface area contributed by atoms with E-state index in [9.17, 15) is 52.3 Å². The second-order valence-electron chi connectivity index (χ2n) is 3.39. The zero-order valence-electron chi connectivity index (χ0n) is 8.68. The third kappa shape index (κ3) is 2.94. The highest BCUT2D eigenvalue weighted by Gasteiger charge is 2.80. The molecule has 122 valence electrons. The van der Waals surface area contributed by atoms with Gasteiger partial charge in [0.15, 0.2) is 0 Å². The smallest absolute Gasteiger partial charge is 0.283 e. The van der Waals surface area contributed by atoms with Gasteiger partial charge in [-0.2, -0.15) is 34.8 Å². The van der Waals surface area contributed by atoms with Crippen LogP contribution in [-0.4, -0.2) is 48.8 Å². The molecule has 0 aliphatic carbocycles. The lowest BCUT2D eigenvalue weighted by Crippen LogP contribution is -2.63. The van der Waals surface area contributed by atoms with Gasteiger partial charge in [-0.25, -0.2) is 17.6 Å². The molecule has 0 aromatic heterocycles. The number of hydrogen-bond acceptors (Lipinski definition) is 2. The molecule has 2 unspecified atom stereocenters. The monoisotopic (exact) mass is 346 g/mol. The third-order valence-corrected chi connectivity index (χ3v) is 2.77. The fraction of sp³-hybridized carbons (Fsp3) is 1.00. The summed E-state index contributed by atoms with van der Waals surface area (Å²) >= 11 is 0. The van der Waals surface area contributed by atoms with E-state index in [0.717, 1.165) is 0 Å². The van der Waals surface area contributed by atoms with Crippen LogP contribution in [0.3, 0.4) is 0 Å². The quantitative estimate of drug-likeness (QED) is 0.594. The summed E-state index contributed by atoms with van der Waals surface area (Å²) < 4.78 is 151. The molecule has 0 bridgehead atoms. The van der Waals surface area contributed by atoms with Gasteiger partial charge in [0.1, 0.15) is 0 Å². The lowest BCUT2D eigenvalue weighted by Gasteiger charge is -2.34. The number of alkyl halides is 10. The molecule has 0 saturated heterocycles. The van der Waals surface area contributed by atoms with Gasteiger partial charge in [-0.05, 0) is 0 Å². The summed E-state index contributed by atoms with van der Waals surface area (Å²) in [5.74, 6) is -20.8. The fourth-order valence-corrected chi connectivity index (χ4v) is 1.41. The van der Waals surface area contributed by atoms with E-state index in [0.29, 0.717) is 0 Å². The summed E-state index contributed by atoms with van der Waals surface area (Å²) in [5, 5.41) is 0. The van der Waals surface area contributed by atoms with Gasteiger partial charge in [-0.1, -0.05) is 0 Å². The summed E-state index contributed by atoms with van der Waals surface area (Å²) in [6.45, 7) is 0. The zero-order valence-corrected chi connectivity index (χ0v) is 9.50. The number of rotatable bonds is 6. The molecule has 2 atom stereocenters. The van der Waals surface area contributed by atoms with Crippen LogP contribution < -0.4 is 0 Å². The maximum Gasteiger partial charge on any atom is 0.379 e. The highest BCUT2D eigenvalue weighted by Crippen LogP contribution is 2.51. The van der Waals surface area contributed by atoms with E-state index in [1.807, 2.05) is 0 Å². The van der Waals surface area contributed by atoms with Crippen LogP contribution in [0.4, 0.5) is 43.9 Å². The van der Waals surface area contributed by atoms with Gasteiger partial charge >= 0.3 is 27.9 Å². The maximum absolute atomic E-state index is 12.7. The first-order valence-electron chi connectivity index (χ1n) is 4.17. The molecule has 0 rings (SSSR count). The van der Waals surface area contributed by atoms with Crippen LogP contribution in [-0.2, 0) is 10.1 Å². The minimum absolute atomic E-state index is 4.84. The molecule has 0 saturated carbocycles. The molecule has 1 N–H and O–H groups in total. The first-order valence-corrected chi connectivity index (χ1v) is 5.67. The maximum atomic E-state index is 12.7. The Kier molecular flexibility index (Phi) is 4.99. The van der Waals surface area contributed by atoms with Crippen LogP contribution in [0.2, 0.25) is 0 Å². The first kappa shape index (κ1) is 19.2. The average molecular weight is 346 g/mol. The summed E-state index contributed by atoms with van der Waals surface area (Å²) in [5.41, 5.74) is -5.28. The molecule has 0 aromatic carbocycles. The Hall–Kier alpha value is -0.790. The van der Waals surface area contributed by atoms with E-state index in [-0.39, 0.29) is 0 Å². The Bertz CT molecular complexity index is 446. The Morgan fingerprint density at radius 1 is 0.800 bits per heavy atom. The Balaban J connectivity index is 5.84. The predicted molar refractivity (Wildman–Crippen MR) is 42.2 cm³/mol. The highest BCUT2D eigenvalue weighted by molar-refractivity contribution is 7.86. The molecule has 0 spiro atoms. The second kappa shape index (κ2) is 5.20. The summed E-state index contributed by atoms with van der Waals surface area (Å²) in [7, 11) is -6.59. The molecule has 0 fully saturated rings. The van der Waals surface area contributed by atoms with E-state index in [1.54, 1.807) is 0 Å². The molecule has 0 aliphatic heterocycles. The number of halogens is 10. The third-order valence-electron chi connectivity index (χ3n) is 1.95. The van der Waals surface area contributed by atoms with Crippen molar-refractivity contribution in [2.45, 2.75) is 35.9 Å². The van der Waals surface area contributed by atoms with Crippen molar-refractivity contribution >= 4 is 10.1 Å². The van der Waals surface area contributed by atoms with Crippen molar-refractivity contribution in [2.75, 3.05) is 0 Å². The first-order chi connectivity index (χ1) is 8.51. The Morgan fingerprint density at radius 3 is 1.40 bits per heavy atom. The predicted octanol–water partition coefficient (Wildman–Crippen LogP) is 2.68. The molecule has 0 aromatic rings. The van der Waals surface area contributed by atoms with Crippen molar-refractivity contribution in [1.29, 1.82) is 0 Å². The molecule has 0 radical (unpaired) electrons. The topological polar surface area (TPSA) is 54.4 Å².